The molecule has 9 heteroatoms. The van der Waals surface area contributed by atoms with Crippen molar-refractivity contribution in [3.8, 4) is 12.3 Å². The number of sulfone groups is 1. The number of amides is 2. The first-order chi connectivity index (χ1) is 18.8. The summed E-state index contributed by atoms with van der Waals surface area (Å²) in [6.45, 7) is 8.30. The van der Waals surface area contributed by atoms with Gasteiger partial charge in [0, 0.05) is 6.42 Å². The van der Waals surface area contributed by atoms with Gasteiger partial charge in [0.1, 0.15) is 12.1 Å². The Labute approximate surface area is 239 Å². The Morgan fingerprint density at radius 2 is 1.73 bits per heavy atom. The van der Waals surface area contributed by atoms with Crippen molar-refractivity contribution in [3.63, 3.8) is 0 Å². The molecule has 0 aromatic heterocycles. The number of terminal acetylenes is 1. The third-order valence-corrected chi connectivity index (χ3v) is 10.4. The number of rotatable bonds is 14. The van der Waals surface area contributed by atoms with E-state index in [1.807, 2.05) is 30.3 Å². The molecule has 40 heavy (non-hydrogen) atoms. The lowest BCUT2D eigenvalue weighted by Gasteiger charge is -2.32. The van der Waals surface area contributed by atoms with Crippen LogP contribution < -0.4 is 10.6 Å². The topological polar surface area (TPSA) is 133 Å². The summed E-state index contributed by atoms with van der Waals surface area (Å²) in [6, 6.07) is 7.17. The molecule has 1 fully saturated rings. The van der Waals surface area contributed by atoms with Gasteiger partial charge >= 0.3 is 0 Å². The van der Waals surface area contributed by atoms with Crippen LogP contribution in [-0.4, -0.2) is 65.2 Å². The lowest BCUT2D eigenvalue weighted by molar-refractivity contribution is -0.131. The maximum Gasteiger partial charge on any atom is 0.243 e. The summed E-state index contributed by atoms with van der Waals surface area (Å²) < 4.78 is 25.0. The first kappa shape index (κ1) is 33.5. The molecule has 0 aliphatic heterocycles. The van der Waals surface area contributed by atoms with Crippen LogP contribution in [0.1, 0.15) is 71.3 Å². The highest BCUT2D eigenvalue weighted by molar-refractivity contribution is 7.92. The molecule has 4 N–H and O–H groups in total. The minimum absolute atomic E-state index is 0.127. The van der Waals surface area contributed by atoms with Crippen LogP contribution in [0.5, 0.6) is 0 Å². The maximum atomic E-state index is 13.5. The fourth-order valence-corrected chi connectivity index (χ4v) is 6.28. The highest BCUT2D eigenvalue weighted by Gasteiger charge is 2.36. The monoisotopic (exact) mass is 574 g/mol. The molecule has 1 saturated carbocycles. The van der Waals surface area contributed by atoms with E-state index >= 15 is 0 Å². The van der Waals surface area contributed by atoms with Crippen LogP contribution in [0.25, 0.3) is 0 Å². The van der Waals surface area contributed by atoms with E-state index in [9.17, 15) is 28.2 Å². The van der Waals surface area contributed by atoms with Gasteiger partial charge in [0.05, 0.1) is 28.6 Å². The molecular formula is C31H46N2O6S. The summed E-state index contributed by atoms with van der Waals surface area (Å²) in [7, 11) is -3.66. The van der Waals surface area contributed by atoms with Crippen molar-refractivity contribution in [2.24, 2.45) is 11.8 Å². The van der Waals surface area contributed by atoms with Crippen LogP contribution in [0.15, 0.2) is 43.0 Å². The molecule has 0 saturated heterocycles. The van der Waals surface area contributed by atoms with Crippen LogP contribution >= 0.6 is 0 Å². The van der Waals surface area contributed by atoms with Gasteiger partial charge in [0.25, 0.3) is 0 Å². The molecule has 0 spiro atoms. The first-order valence-electron chi connectivity index (χ1n) is 14.1. The molecule has 2 rings (SSSR count). The number of aliphatic hydroxyl groups is 2. The van der Waals surface area contributed by atoms with Gasteiger partial charge in [-0.1, -0.05) is 68.5 Å². The van der Waals surface area contributed by atoms with Crippen molar-refractivity contribution in [1.29, 1.82) is 0 Å². The number of nitrogens with one attached hydrogen (secondary N) is 2. The Hall–Kier alpha value is -2.67. The number of hydrogen-bond acceptors (Lipinski definition) is 6. The molecule has 1 aliphatic rings. The second-order valence-corrected chi connectivity index (χ2v) is 14.6. The maximum absolute atomic E-state index is 13.5. The average Bonchev–Trinajstić information content (AvgIpc) is 2.91. The Morgan fingerprint density at radius 1 is 1.10 bits per heavy atom. The van der Waals surface area contributed by atoms with Crippen molar-refractivity contribution < 1.29 is 28.2 Å². The minimum atomic E-state index is -3.66. The third-order valence-electron chi connectivity index (χ3n) is 7.65. The fraction of sp³-hybridized carbons (Fsp3) is 0.613. The number of carbonyl (C=O) groups is 2. The largest absolute Gasteiger partial charge is 0.388 e. The molecule has 222 valence electrons. The van der Waals surface area contributed by atoms with E-state index in [0.717, 1.165) is 37.7 Å². The zero-order chi connectivity index (χ0) is 29.9. The second-order valence-electron chi connectivity index (χ2n) is 11.8. The highest BCUT2D eigenvalue weighted by atomic mass is 32.2. The van der Waals surface area contributed by atoms with Crippen molar-refractivity contribution in [1.82, 2.24) is 10.6 Å². The van der Waals surface area contributed by atoms with Gasteiger partial charge in [-0.05, 0) is 45.1 Å². The summed E-state index contributed by atoms with van der Waals surface area (Å²) in [4.78, 5) is 26.9. The average molecular weight is 575 g/mol. The number of carbonyl (C=O) groups excluding carboxylic acids is 2. The van der Waals surface area contributed by atoms with Crippen LogP contribution in [0.4, 0.5) is 0 Å². The van der Waals surface area contributed by atoms with Crippen molar-refractivity contribution in [2.75, 3.05) is 5.75 Å². The molecular weight excluding hydrogens is 528 g/mol. The molecule has 8 nitrogen and oxygen atoms in total. The SMILES string of the molecule is C#CC[C@H](NC(=O)[C@H](Cc1ccccc1)CS(=O)(=O)C(C)(C)C)C(=O)N[C@@H](CC1CCCCC1)[C@@H](O)[C@@H](O)C=C. The standard InChI is InChI=1S/C31H46N2O6S/c1-6-14-25(30(37)33-26(28(35)27(34)7-2)20-23-17-12-9-13-18-23)32-29(36)24(19-22-15-10-8-11-16-22)21-40(38,39)31(3,4)5/h1,7-8,10-11,15-16,23-28,34-35H,2,9,12-14,17-21H2,3-5H3,(H,32,36)(H,33,37)/t24-,25+,26+,27+,28-/m1/s1. The summed E-state index contributed by atoms with van der Waals surface area (Å²) in [5.41, 5.74) is 0.791. The van der Waals surface area contributed by atoms with Crippen LogP contribution in [-0.2, 0) is 25.8 Å². The van der Waals surface area contributed by atoms with E-state index in [1.165, 1.54) is 6.08 Å². The number of hydrogen-bond donors (Lipinski definition) is 4. The predicted molar refractivity (Wildman–Crippen MR) is 158 cm³/mol. The lowest BCUT2D eigenvalue weighted by Crippen LogP contribution is -2.56. The van der Waals surface area contributed by atoms with Gasteiger partial charge in [-0.25, -0.2) is 8.42 Å². The quantitative estimate of drug-likeness (QED) is 0.200. The van der Waals surface area contributed by atoms with E-state index in [1.54, 1.807) is 20.8 Å². The highest BCUT2D eigenvalue weighted by Crippen LogP contribution is 2.28. The third kappa shape index (κ3) is 10.1. The second kappa shape index (κ2) is 15.4. The number of aliphatic hydroxyl groups excluding tert-OH is 2. The molecule has 5 atom stereocenters. The van der Waals surface area contributed by atoms with Gasteiger partial charge in [0.2, 0.25) is 11.8 Å². The first-order valence-corrected chi connectivity index (χ1v) is 15.7. The Balaban J connectivity index is 2.25. The molecule has 2 amide bonds. The van der Waals surface area contributed by atoms with Crippen LogP contribution in [0, 0.1) is 24.2 Å². The van der Waals surface area contributed by atoms with E-state index in [4.69, 9.17) is 6.42 Å². The molecule has 0 bridgehead atoms. The van der Waals surface area contributed by atoms with E-state index in [-0.39, 0.29) is 18.8 Å². The zero-order valence-electron chi connectivity index (χ0n) is 24.0. The Kier molecular flexibility index (Phi) is 12.9. The zero-order valence-corrected chi connectivity index (χ0v) is 24.8. The summed E-state index contributed by atoms with van der Waals surface area (Å²) >= 11 is 0. The number of benzene rings is 1. The smallest absolute Gasteiger partial charge is 0.243 e. The predicted octanol–water partition coefficient (Wildman–Crippen LogP) is 2.93. The summed E-state index contributed by atoms with van der Waals surface area (Å²) in [6.07, 6.45) is 9.96. The van der Waals surface area contributed by atoms with Gasteiger partial charge in [-0.3, -0.25) is 9.59 Å². The molecule has 0 radical (unpaired) electrons. The lowest BCUT2D eigenvalue weighted by atomic mass is 9.83. The van der Waals surface area contributed by atoms with Crippen LogP contribution in [0.2, 0.25) is 0 Å². The van der Waals surface area contributed by atoms with Crippen LogP contribution in [0.3, 0.4) is 0 Å². The molecule has 0 unspecified atom stereocenters. The van der Waals surface area contributed by atoms with Crippen molar-refractivity contribution in [3.05, 3.63) is 48.6 Å². The summed E-state index contributed by atoms with van der Waals surface area (Å²) in [5.74, 6) is 0.155. The van der Waals surface area contributed by atoms with Gasteiger partial charge in [0.15, 0.2) is 9.84 Å². The van der Waals surface area contributed by atoms with Crippen molar-refractivity contribution in [2.45, 2.75) is 101 Å². The molecule has 1 aliphatic carbocycles. The Morgan fingerprint density at radius 3 is 2.27 bits per heavy atom. The Bertz CT molecular complexity index is 1120. The van der Waals surface area contributed by atoms with Crippen molar-refractivity contribution >= 4 is 21.7 Å². The normalized spacial score (nSPS) is 18.4. The fourth-order valence-electron chi connectivity index (χ4n) is 4.98. The summed E-state index contributed by atoms with van der Waals surface area (Å²) in [5, 5.41) is 26.5. The molecule has 0 heterocycles. The van der Waals surface area contributed by atoms with Gasteiger partial charge in [-0.15, -0.1) is 18.9 Å². The molecule has 1 aromatic carbocycles. The van der Waals surface area contributed by atoms with E-state index in [2.05, 4.69) is 23.1 Å². The minimum Gasteiger partial charge on any atom is -0.388 e. The van der Waals surface area contributed by atoms with E-state index in [0.29, 0.717) is 6.42 Å². The van der Waals surface area contributed by atoms with Gasteiger partial charge < -0.3 is 20.8 Å². The van der Waals surface area contributed by atoms with E-state index < -0.39 is 62.4 Å². The molecule has 1 aromatic rings. The van der Waals surface area contributed by atoms with Gasteiger partial charge in [-0.2, -0.15) is 0 Å².